The number of rotatable bonds is 3. The summed E-state index contributed by atoms with van der Waals surface area (Å²) < 4.78 is 5.24. The fourth-order valence-electron chi connectivity index (χ4n) is 3.91. The van der Waals surface area contributed by atoms with Gasteiger partial charge in [-0.05, 0) is 37.3 Å². The van der Waals surface area contributed by atoms with Crippen LogP contribution in [0.1, 0.15) is 27.0 Å². The van der Waals surface area contributed by atoms with Gasteiger partial charge in [0.25, 0.3) is 5.91 Å². The number of para-hydroxylation sites is 2. The zero-order valence-corrected chi connectivity index (χ0v) is 17.7. The minimum absolute atomic E-state index is 0.0960. The van der Waals surface area contributed by atoms with Gasteiger partial charge >= 0.3 is 5.97 Å². The highest BCUT2D eigenvalue weighted by Gasteiger charge is 2.31. The standard InChI is InChI=1S/C26H19NO3S/c1-2-30-26(29)23-16-20-18-12-6-8-14-21(18)27(25(28)17-10-4-3-5-11-17)22-15-9-7-13-19(22)24(20)31-23/h3-16H,2H2,1H3. The molecule has 1 aromatic heterocycles. The number of hydrogen-bond acceptors (Lipinski definition) is 4. The second-order valence-corrected chi connectivity index (χ2v) is 8.17. The first-order valence-electron chi connectivity index (χ1n) is 10.1. The van der Waals surface area contributed by atoms with Gasteiger partial charge in [-0.1, -0.05) is 54.6 Å². The summed E-state index contributed by atoms with van der Waals surface area (Å²) in [5.74, 6) is -0.422. The van der Waals surface area contributed by atoms with E-state index in [1.165, 1.54) is 11.3 Å². The van der Waals surface area contributed by atoms with Gasteiger partial charge in [0.15, 0.2) is 0 Å². The SMILES string of the molecule is CCOC(=O)c1cc2c(s1)-c1ccccc1N(C(=O)c1ccccc1)c1ccccc1-2. The number of amides is 1. The first-order valence-corrected chi connectivity index (χ1v) is 10.9. The van der Waals surface area contributed by atoms with E-state index in [-0.39, 0.29) is 11.9 Å². The van der Waals surface area contributed by atoms with Gasteiger partial charge in [-0.2, -0.15) is 0 Å². The van der Waals surface area contributed by atoms with Crippen LogP contribution >= 0.6 is 11.3 Å². The second kappa shape index (κ2) is 7.85. The van der Waals surface area contributed by atoms with Crippen molar-refractivity contribution in [3.05, 3.63) is 95.4 Å². The van der Waals surface area contributed by atoms with E-state index in [9.17, 15) is 9.59 Å². The number of carbonyl (C=O) groups excluding carboxylic acids is 2. The van der Waals surface area contributed by atoms with Crippen molar-refractivity contribution < 1.29 is 14.3 Å². The largest absolute Gasteiger partial charge is 0.462 e. The third-order valence-electron chi connectivity index (χ3n) is 5.26. The molecular weight excluding hydrogens is 406 g/mol. The van der Waals surface area contributed by atoms with Crippen LogP contribution in [0.4, 0.5) is 11.4 Å². The molecule has 0 radical (unpaired) electrons. The number of thiophene rings is 1. The van der Waals surface area contributed by atoms with Crippen LogP contribution in [0.3, 0.4) is 0 Å². The van der Waals surface area contributed by atoms with E-state index in [1.807, 2.05) is 84.9 Å². The van der Waals surface area contributed by atoms with Crippen LogP contribution in [0.15, 0.2) is 84.9 Å². The average Bonchev–Trinajstić information content (AvgIpc) is 3.22. The number of anilines is 2. The molecule has 0 aliphatic carbocycles. The van der Waals surface area contributed by atoms with Crippen LogP contribution in [0, 0.1) is 0 Å². The van der Waals surface area contributed by atoms with Gasteiger partial charge < -0.3 is 4.74 Å². The number of benzene rings is 3. The van der Waals surface area contributed by atoms with E-state index >= 15 is 0 Å². The maximum Gasteiger partial charge on any atom is 0.348 e. The van der Waals surface area contributed by atoms with Crippen molar-refractivity contribution in [2.24, 2.45) is 0 Å². The summed E-state index contributed by atoms with van der Waals surface area (Å²) in [6.45, 7) is 2.13. The Morgan fingerprint density at radius 2 is 1.42 bits per heavy atom. The fourth-order valence-corrected chi connectivity index (χ4v) is 5.01. The van der Waals surface area contributed by atoms with Gasteiger partial charge in [0, 0.05) is 27.1 Å². The Kier molecular flexibility index (Phi) is 4.88. The molecular formula is C26H19NO3S. The summed E-state index contributed by atoms with van der Waals surface area (Å²) >= 11 is 1.40. The van der Waals surface area contributed by atoms with Crippen molar-refractivity contribution in [1.29, 1.82) is 0 Å². The molecule has 0 unspecified atom stereocenters. The molecule has 0 atom stereocenters. The predicted molar refractivity (Wildman–Crippen MR) is 124 cm³/mol. The van der Waals surface area contributed by atoms with E-state index in [1.54, 1.807) is 11.8 Å². The average molecular weight is 426 g/mol. The number of carbonyl (C=O) groups is 2. The van der Waals surface area contributed by atoms with Crippen LogP contribution in [0.2, 0.25) is 0 Å². The Bertz CT molecular complexity index is 1230. The molecule has 0 fully saturated rings. The normalized spacial score (nSPS) is 11.7. The first-order chi connectivity index (χ1) is 15.2. The summed E-state index contributed by atoms with van der Waals surface area (Å²) in [5, 5.41) is 0. The van der Waals surface area contributed by atoms with Crippen LogP contribution < -0.4 is 4.90 Å². The number of fused-ring (bicyclic) bond motifs is 5. The second-order valence-electron chi connectivity index (χ2n) is 7.11. The van der Waals surface area contributed by atoms with Crippen molar-refractivity contribution >= 4 is 34.6 Å². The Hall–Kier alpha value is -3.70. The van der Waals surface area contributed by atoms with Gasteiger partial charge in [-0.15, -0.1) is 11.3 Å². The molecule has 4 nitrogen and oxygen atoms in total. The molecule has 0 N–H and O–H groups in total. The van der Waals surface area contributed by atoms with Crippen LogP contribution in [0.25, 0.3) is 21.6 Å². The molecule has 0 bridgehead atoms. The molecule has 5 heteroatoms. The van der Waals surface area contributed by atoms with Crippen LogP contribution in [0.5, 0.6) is 0 Å². The Balaban J connectivity index is 1.77. The first kappa shape index (κ1) is 19.3. The minimum atomic E-state index is -0.326. The smallest absolute Gasteiger partial charge is 0.348 e. The Morgan fingerprint density at radius 1 is 0.806 bits per heavy atom. The lowest BCUT2D eigenvalue weighted by Gasteiger charge is -2.25. The number of ether oxygens (including phenoxy) is 1. The third-order valence-corrected chi connectivity index (χ3v) is 6.41. The minimum Gasteiger partial charge on any atom is -0.462 e. The van der Waals surface area contributed by atoms with Gasteiger partial charge in [-0.3, -0.25) is 9.69 Å². The van der Waals surface area contributed by atoms with E-state index in [0.717, 1.165) is 32.9 Å². The van der Waals surface area contributed by atoms with Crippen LogP contribution in [-0.4, -0.2) is 18.5 Å². The molecule has 5 rings (SSSR count). The van der Waals surface area contributed by atoms with Crippen molar-refractivity contribution in [2.45, 2.75) is 6.92 Å². The van der Waals surface area contributed by atoms with Crippen molar-refractivity contribution in [3.8, 4) is 21.6 Å². The van der Waals surface area contributed by atoms with E-state index < -0.39 is 0 Å². The van der Waals surface area contributed by atoms with Gasteiger partial charge in [0.2, 0.25) is 0 Å². The van der Waals surface area contributed by atoms with Gasteiger partial charge in [0.05, 0.1) is 18.0 Å². The molecule has 0 saturated carbocycles. The lowest BCUT2D eigenvalue weighted by Crippen LogP contribution is -2.26. The number of nitrogens with zero attached hydrogens (tertiary/aromatic N) is 1. The summed E-state index contributed by atoms with van der Waals surface area (Å²) in [5.41, 5.74) is 4.95. The van der Waals surface area contributed by atoms with Crippen molar-refractivity contribution in [1.82, 2.24) is 0 Å². The summed E-state index contributed by atoms with van der Waals surface area (Å²) in [4.78, 5) is 29.4. The molecule has 4 aromatic rings. The molecule has 3 aromatic carbocycles. The molecule has 1 aliphatic heterocycles. The van der Waals surface area contributed by atoms with E-state index in [4.69, 9.17) is 4.74 Å². The molecule has 31 heavy (non-hydrogen) atoms. The maximum atomic E-state index is 13.7. The highest BCUT2D eigenvalue weighted by Crippen LogP contribution is 2.51. The summed E-state index contributed by atoms with van der Waals surface area (Å²) in [6.07, 6.45) is 0. The lowest BCUT2D eigenvalue weighted by molar-refractivity contribution is 0.0532. The van der Waals surface area contributed by atoms with Crippen molar-refractivity contribution in [2.75, 3.05) is 11.5 Å². The van der Waals surface area contributed by atoms with Gasteiger partial charge in [0.1, 0.15) is 4.88 Å². The predicted octanol–water partition coefficient (Wildman–Crippen LogP) is 6.55. The Morgan fingerprint density at radius 3 is 2.13 bits per heavy atom. The molecule has 152 valence electrons. The third kappa shape index (κ3) is 3.23. The highest BCUT2D eigenvalue weighted by molar-refractivity contribution is 7.18. The molecule has 0 spiro atoms. The number of esters is 1. The zero-order valence-electron chi connectivity index (χ0n) is 16.9. The summed E-state index contributed by atoms with van der Waals surface area (Å²) in [7, 11) is 0. The highest BCUT2D eigenvalue weighted by atomic mass is 32.1. The zero-order chi connectivity index (χ0) is 21.4. The molecule has 0 saturated heterocycles. The lowest BCUT2D eigenvalue weighted by atomic mass is 10.0. The quantitative estimate of drug-likeness (QED) is 0.350. The van der Waals surface area contributed by atoms with Gasteiger partial charge in [-0.25, -0.2) is 4.79 Å². The van der Waals surface area contributed by atoms with E-state index in [0.29, 0.717) is 17.0 Å². The monoisotopic (exact) mass is 425 g/mol. The molecule has 1 aliphatic rings. The molecule has 1 amide bonds. The van der Waals surface area contributed by atoms with Crippen LogP contribution in [-0.2, 0) is 4.74 Å². The Labute approximate surface area is 184 Å². The molecule has 2 heterocycles. The number of hydrogen-bond donors (Lipinski definition) is 0. The van der Waals surface area contributed by atoms with E-state index in [2.05, 4.69) is 0 Å². The fraction of sp³-hybridized carbons (Fsp3) is 0.0769. The maximum absolute atomic E-state index is 13.7. The topological polar surface area (TPSA) is 46.6 Å². The van der Waals surface area contributed by atoms with Crippen molar-refractivity contribution in [3.63, 3.8) is 0 Å². The summed E-state index contributed by atoms with van der Waals surface area (Å²) in [6, 6.07) is 26.8.